The lowest BCUT2D eigenvalue weighted by Gasteiger charge is -2.19. The lowest BCUT2D eigenvalue weighted by atomic mass is 9.87. The fraction of sp³-hybridized carbons (Fsp3) is 0.267. The number of methoxy groups -OCH3 is 1. The second kappa shape index (κ2) is 11.0. The number of rotatable bonds is 8. The Morgan fingerprint density at radius 2 is 1.68 bits per heavy atom. The van der Waals surface area contributed by atoms with Crippen molar-refractivity contribution in [1.82, 2.24) is 0 Å². The maximum Gasteiger partial charge on any atom is 0.348 e. The molecule has 0 unspecified atom stereocenters. The molecule has 1 N–H and O–H groups in total. The molecule has 0 radical (unpaired) electrons. The number of thiophene rings is 1. The Labute approximate surface area is 221 Å². The van der Waals surface area contributed by atoms with Crippen molar-refractivity contribution in [3.63, 3.8) is 0 Å². The molecule has 0 saturated heterocycles. The van der Waals surface area contributed by atoms with Crippen LogP contribution in [-0.4, -0.2) is 25.6 Å². The summed E-state index contributed by atoms with van der Waals surface area (Å²) in [5, 5.41) is 3.81. The van der Waals surface area contributed by atoms with Crippen LogP contribution < -0.4 is 14.8 Å². The molecule has 7 heteroatoms. The van der Waals surface area contributed by atoms with E-state index < -0.39 is 0 Å². The van der Waals surface area contributed by atoms with Crippen LogP contribution in [-0.2, 0) is 16.8 Å². The molecule has 1 amide bonds. The average Bonchev–Trinajstić information content (AvgIpc) is 3.31. The van der Waals surface area contributed by atoms with Crippen molar-refractivity contribution in [2.75, 3.05) is 19.0 Å². The van der Waals surface area contributed by atoms with Gasteiger partial charge in [-0.3, -0.25) is 4.79 Å². The number of anilines is 1. The molecule has 0 atom stereocenters. The highest BCUT2D eigenvalue weighted by atomic mass is 32.1. The first-order valence-corrected chi connectivity index (χ1v) is 12.9. The third-order valence-electron chi connectivity index (χ3n) is 5.90. The van der Waals surface area contributed by atoms with Crippen LogP contribution in [0.1, 0.15) is 58.9 Å². The van der Waals surface area contributed by atoms with E-state index in [-0.39, 0.29) is 23.9 Å². The maximum atomic E-state index is 13.1. The van der Waals surface area contributed by atoms with Gasteiger partial charge in [0, 0.05) is 21.5 Å². The average molecular weight is 518 g/mol. The fourth-order valence-electron chi connectivity index (χ4n) is 3.87. The van der Waals surface area contributed by atoms with Crippen molar-refractivity contribution in [1.29, 1.82) is 0 Å². The molecule has 6 nitrogen and oxygen atoms in total. The second-order valence-corrected chi connectivity index (χ2v) is 10.7. The van der Waals surface area contributed by atoms with Crippen LogP contribution >= 0.6 is 11.3 Å². The summed E-state index contributed by atoms with van der Waals surface area (Å²) in [5.41, 5.74) is 3.21. The Hall–Kier alpha value is -3.84. The van der Waals surface area contributed by atoms with E-state index in [1.807, 2.05) is 37.3 Å². The standard InChI is InChI=1S/C30H31NO5S/c1-6-35-25-13-7-19(15-21(25)18-36-24-11-8-22(9-12-24)30(2,3)4)28(32)31-23-10-14-26-20(16-23)17-27(37-26)29(33)34-5/h7-17H,6,18H2,1-5H3,(H,31,32). The van der Waals surface area contributed by atoms with Crippen LogP contribution in [0.15, 0.2) is 66.7 Å². The van der Waals surface area contributed by atoms with Gasteiger partial charge in [-0.15, -0.1) is 11.3 Å². The monoisotopic (exact) mass is 517 g/mol. The summed E-state index contributed by atoms with van der Waals surface area (Å²) in [6, 6.07) is 20.7. The van der Waals surface area contributed by atoms with E-state index in [1.165, 1.54) is 24.0 Å². The minimum absolute atomic E-state index is 0.0694. The summed E-state index contributed by atoms with van der Waals surface area (Å²) in [5.74, 6) is 0.809. The molecule has 192 valence electrons. The van der Waals surface area contributed by atoms with Crippen molar-refractivity contribution in [3.05, 3.63) is 88.3 Å². The molecular weight excluding hydrogens is 486 g/mol. The van der Waals surface area contributed by atoms with Crippen molar-refractivity contribution in [2.24, 2.45) is 0 Å². The summed E-state index contributed by atoms with van der Waals surface area (Å²) in [4.78, 5) is 25.4. The zero-order chi connectivity index (χ0) is 26.6. The van der Waals surface area contributed by atoms with Crippen LogP contribution in [0, 0.1) is 0 Å². The highest BCUT2D eigenvalue weighted by Crippen LogP contribution is 2.30. The summed E-state index contributed by atoms with van der Waals surface area (Å²) in [7, 11) is 1.36. The molecule has 0 aliphatic carbocycles. The smallest absolute Gasteiger partial charge is 0.348 e. The molecule has 0 aliphatic heterocycles. The van der Waals surface area contributed by atoms with Gasteiger partial charge in [-0.2, -0.15) is 0 Å². The van der Waals surface area contributed by atoms with E-state index in [9.17, 15) is 9.59 Å². The maximum absolute atomic E-state index is 13.1. The number of amides is 1. The predicted octanol–water partition coefficient (Wildman–Crippen LogP) is 7.22. The molecule has 0 aliphatic rings. The molecule has 3 aromatic carbocycles. The summed E-state index contributed by atoms with van der Waals surface area (Å²) in [6.07, 6.45) is 0. The number of esters is 1. The largest absolute Gasteiger partial charge is 0.493 e. The van der Waals surface area contributed by atoms with Crippen LogP contribution in [0.4, 0.5) is 5.69 Å². The summed E-state index contributed by atoms with van der Waals surface area (Å²) in [6.45, 7) is 9.21. The molecule has 4 aromatic rings. The van der Waals surface area contributed by atoms with Gasteiger partial charge in [0.1, 0.15) is 23.0 Å². The number of nitrogens with one attached hydrogen (secondary N) is 1. The molecule has 4 rings (SSSR count). The zero-order valence-electron chi connectivity index (χ0n) is 21.7. The number of carbonyl (C=O) groups is 2. The molecule has 37 heavy (non-hydrogen) atoms. The SMILES string of the molecule is CCOc1ccc(C(=O)Nc2ccc3sc(C(=O)OC)cc3c2)cc1COc1ccc(C(C)(C)C)cc1. The van der Waals surface area contributed by atoms with Crippen molar-refractivity contribution in [3.8, 4) is 11.5 Å². The Morgan fingerprint density at radius 3 is 2.35 bits per heavy atom. The molecule has 1 heterocycles. The molecule has 0 fully saturated rings. The normalized spacial score (nSPS) is 11.3. The Balaban J connectivity index is 1.50. The lowest BCUT2D eigenvalue weighted by Crippen LogP contribution is -2.13. The zero-order valence-corrected chi connectivity index (χ0v) is 22.5. The second-order valence-electron chi connectivity index (χ2n) is 9.63. The molecule has 1 aromatic heterocycles. The topological polar surface area (TPSA) is 73.9 Å². The highest BCUT2D eigenvalue weighted by Gasteiger charge is 2.15. The first-order valence-electron chi connectivity index (χ1n) is 12.1. The van der Waals surface area contributed by atoms with Gasteiger partial charge in [-0.1, -0.05) is 32.9 Å². The number of benzene rings is 3. The van der Waals surface area contributed by atoms with E-state index in [0.29, 0.717) is 28.5 Å². The van der Waals surface area contributed by atoms with Gasteiger partial charge < -0.3 is 19.5 Å². The van der Waals surface area contributed by atoms with Crippen LogP contribution in [0.5, 0.6) is 11.5 Å². The Kier molecular flexibility index (Phi) is 7.83. The van der Waals surface area contributed by atoms with E-state index in [4.69, 9.17) is 14.2 Å². The van der Waals surface area contributed by atoms with Gasteiger partial charge in [-0.05, 0) is 77.9 Å². The minimum Gasteiger partial charge on any atom is -0.493 e. The lowest BCUT2D eigenvalue weighted by molar-refractivity contribution is 0.0606. The number of fused-ring (bicyclic) bond motifs is 1. The van der Waals surface area contributed by atoms with Crippen LogP contribution in [0.2, 0.25) is 0 Å². The van der Waals surface area contributed by atoms with Gasteiger partial charge in [0.2, 0.25) is 0 Å². The van der Waals surface area contributed by atoms with Gasteiger partial charge in [0.15, 0.2) is 0 Å². The first-order chi connectivity index (χ1) is 17.7. The fourth-order valence-corrected chi connectivity index (χ4v) is 4.83. The summed E-state index contributed by atoms with van der Waals surface area (Å²) >= 11 is 1.35. The minimum atomic E-state index is -0.374. The molecule has 0 saturated carbocycles. The van der Waals surface area contributed by atoms with Gasteiger partial charge in [0.05, 0.1) is 13.7 Å². The van der Waals surface area contributed by atoms with Gasteiger partial charge in [0.25, 0.3) is 5.91 Å². The quantitative estimate of drug-likeness (QED) is 0.250. The number of ether oxygens (including phenoxy) is 3. The van der Waals surface area contributed by atoms with E-state index in [2.05, 4.69) is 38.2 Å². The van der Waals surface area contributed by atoms with E-state index in [0.717, 1.165) is 21.4 Å². The predicted molar refractivity (Wildman–Crippen MR) is 148 cm³/mol. The Morgan fingerprint density at radius 1 is 0.919 bits per heavy atom. The van der Waals surface area contributed by atoms with E-state index in [1.54, 1.807) is 24.3 Å². The first kappa shape index (κ1) is 26.2. The number of carbonyl (C=O) groups excluding carboxylic acids is 2. The van der Waals surface area contributed by atoms with E-state index >= 15 is 0 Å². The molecular formula is C30H31NO5S. The highest BCUT2D eigenvalue weighted by molar-refractivity contribution is 7.20. The van der Waals surface area contributed by atoms with Crippen molar-refractivity contribution < 1.29 is 23.8 Å². The summed E-state index contributed by atoms with van der Waals surface area (Å²) < 4.78 is 17.5. The van der Waals surface area contributed by atoms with Crippen molar-refractivity contribution in [2.45, 2.75) is 39.7 Å². The number of hydrogen-bond acceptors (Lipinski definition) is 6. The number of hydrogen-bond donors (Lipinski definition) is 1. The Bertz CT molecular complexity index is 1420. The third kappa shape index (κ3) is 6.30. The van der Waals surface area contributed by atoms with Crippen LogP contribution in [0.3, 0.4) is 0 Å². The molecule has 0 spiro atoms. The van der Waals surface area contributed by atoms with Crippen molar-refractivity contribution >= 4 is 39.0 Å². The van der Waals surface area contributed by atoms with Gasteiger partial charge in [-0.25, -0.2) is 4.79 Å². The molecule has 0 bridgehead atoms. The van der Waals surface area contributed by atoms with Gasteiger partial charge >= 0.3 is 5.97 Å². The third-order valence-corrected chi connectivity index (χ3v) is 6.99. The van der Waals surface area contributed by atoms with Crippen LogP contribution in [0.25, 0.3) is 10.1 Å².